The molecule has 0 aromatic heterocycles. The van der Waals surface area contributed by atoms with Crippen LogP contribution in [-0.2, 0) is 9.53 Å². The van der Waals surface area contributed by atoms with Crippen molar-refractivity contribution in [1.82, 2.24) is 0 Å². The van der Waals surface area contributed by atoms with Crippen molar-refractivity contribution in [2.45, 2.75) is 58.5 Å². The second-order valence-electron chi connectivity index (χ2n) is 4.94. The summed E-state index contributed by atoms with van der Waals surface area (Å²) in [5.74, 6) is -0.286. The van der Waals surface area contributed by atoms with Crippen molar-refractivity contribution < 1.29 is 14.6 Å². The average Bonchev–Trinajstić information content (AvgIpc) is 2.29. The zero-order valence-electron chi connectivity index (χ0n) is 10.4. The van der Waals surface area contributed by atoms with Crippen molar-refractivity contribution >= 4 is 5.97 Å². The van der Waals surface area contributed by atoms with E-state index in [-0.39, 0.29) is 12.0 Å². The number of carboxylic acid groups (broad SMARTS) is 1. The largest absolute Gasteiger partial charge is 0.481 e. The molecule has 3 nitrogen and oxygen atoms in total. The standard InChI is InChI=1S/C13H24O3/c1-3-10(2)8-9-16-12-7-5-4-6-11(12)13(14)15/h10-12H,3-9H2,1-2H3,(H,14,15). The minimum atomic E-state index is -0.687. The third-order valence-electron chi connectivity index (χ3n) is 3.66. The van der Waals surface area contributed by atoms with E-state index in [1.54, 1.807) is 0 Å². The van der Waals surface area contributed by atoms with Crippen LogP contribution in [0.15, 0.2) is 0 Å². The highest BCUT2D eigenvalue weighted by Crippen LogP contribution is 2.27. The van der Waals surface area contributed by atoms with E-state index in [0.29, 0.717) is 12.5 Å². The van der Waals surface area contributed by atoms with Crippen LogP contribution < -0.4 is 0 Å². The Morgan fingerprint density at radius 2 is 2.12 bits per heavy atom. The van der Waals surface area contributed by atoms with Crippen molar-refractivity contribution in [2.75, 3.05) is 6.61 Å². The first kappa shape index (κ1) is 13.5. The smallest absolute Gasteiger partial charge is 0.309 e. The lowest BCUT2D eigenvalue weighted by Crippen LogP contribution is -2.34. The Morgan fingerprint density at radius 1 is 1.44 bits per heavy atom. The van der Waals surface area contributed by atoms with E-state index in [0.717, 1.165) is 38.5 Å². The van der Waals surface area contributed by atoms with Gasteiger partial charge in [0.05, 0.1) is 12.0 Å². The van der Waals surface area contributed by atoms with E-state index >= 15 is 0 Å². The minimum Gasteiger partial charge on any atom is -0.481 e. The van der Waals surface area contributed by atoms with Crippen LogP contribution in [0.3, 0.4) is 0 Å². The maximum absolute atomic E-state index is 11.0. The molecule has 94 valence electrons. The molecule has 0 saturated heterocycles. The molecule has 0 aliphatic heterocycles. The fourth-order valence-electron chi connectivity index (χ4n) is 2.20. The van der Waals surface area contributed by atoms with Crippen LogP contribution in [0.4, 0.5) is 0 Å². The molecule has 1 fully saturated rings. The summed E-state index contributed by atoms with van der Waals surface area (Å²) in [6.45, 7) is 5.09. The molecular weight excluding hydrogens is 204 g/mol. The van der Waals surface area contributed by atoms with Gasteiger partial charge in [0, 0.05) is 6.61 Å². The predicted octanol–water partition coefficient (Wildman–Crippen LogP) is 3.08. The van der Waals surface area contributed by atoms with Gasteiger partial charge in [0.25, 0.3) is 0 Å². The van der Waals surface area contributed by atoms with Crippen molar-refractivity contribution in [3.63, 3.8) is 0 Å². The molecule has 1 rings (SSSR count). The summed E-state index contributed by atoms with van der Waals surface area (Å²) in [4.78, 5) is 11.0. The molecule has 3 unspecified atom stereocenters. The van der Waals surface area contributed by atoms with Gasteiger partial charge in [-0.1, -0.05) is 33.1 Å². The highest BCUT2D eigenvalue weighted by atomic mass is 16.5. The Morgan fingerprint density at radius 3 is 2.75 bits per heavy atom. The quantitative estimate of drug-likeness (QED) is 0.760. The summed E-state index contributed by atoms with van der Waals surface area (Å²) in [5, 5.41) is 9.08. The maximum atomic E-state index is 11.0. The number of hydrogen-bond donors (Lipinski definition) is 1. The molecule has 3 atom stereocenters. The summed E-state index contributed by atoms with van der Waals surface area (Å²) in [5.41, 5.74) is 0. The fourth-order valence-corrected chi connectivity index (χ4v) is 2.20. The molecule has 0 aromatic carbocycles. The highest BCUT2D eigenvalue weighted by Gasteiger charge is 2.31. The lowest BCUT2D eigenvalue weighted by Gasteiger charge is -2.28. The van der Waals surface area contributed by atoms with Gasteiger partial charge in [0.15, 0.2) is 0 Å². The molecule has 0 bridgehead atoms. The second kappa shape index (κ2) is 6.89. The van der Waals surface area contributed by atoms with Crippen LogP contribution >= 0.6 is 0 Å². The van der Waals surface area contributed by atoms with E-state index in [4.69, 9.17) is 9.84 Å². The lowest BCUT2D eigenvalue weighted by molar-refractivity contribution is -0.149. The minimum absolute atomic E-state index is 0.0460. The molecular formula is C13H24O3. The van der Waals surface area contributed by atoms with E-state index in [9.17, 15) is 4.79 Å². The summed E-state index contributed by atoms with van der Waals surface area (Å²) >= 11 is 0. The molecule has 0 amide bonds. The van der Waals surface area contributed by atoms with Gasteiger partial charge in [-0.3, -0.25) is 4.79 Å². The van der Waals surface area contributed by atoms with E-state index < -0.39 is 5.97 Å². The normalized spacial score (nSPS) is 27.6. The number of ether oxygens (including phenoxy) is 1. The van der Waals surface area contributed by atoms with Crippen molar-refractivity contribution in [2.24, 2.45) is 11.8 Å². The average molecular weight is 228 g/mol. The van der Waals surface area contributed by atoms with Crippen molar-refractivity contribution in [3.8, 4) is 0 Å². The van der Waals surface area contributed by atoms with Crippen LogP contribution in [0.2, 0.25) is 0 Å². The van der Waals surface area contributed by atoms with Gasteiger partial charge in [-0.15, -0.1) is 0 Å². The van der Waals surface area contributed by atoms with Gasteiger partial charge in [-0.05, 0) is 25.2 Å². The van der Waals surface area contributed by atoms with Crippen LogP contribution in [0.25, 0.3) is 0 Å². The Kier molecular flexibility index (Phi) is 5.81. The predicted molar refractivity (Wildman–Crippen MR) is 63.4 cm³/mol. The van der Waals surface area contributed by atoms with Crippen LogP contribution in [0.5, 0.6) is 0 Å². The monoisotopic (exact) mass is 228 g/mol. The summed E-state index contributed by atoms with van der Waals surface area (Å²) in [6.07, 6.45) is 5.99. The Hall–Kier alpha value is -0.570. The summed E-state index contributed by atoms with van der Waals surface area (Å²) in [6, 6.07) is 0. The van der Waals surface area contributed by atoms with Crippen molar-refractivity contribution in [1.29, 1.82) is 0 Å². The SMILES string of the molecule is CCC(C)CCOC1CCCCC1C(=O)O. The molecule has 3 heteroatoms. The number of rotatable bonds is 6. The Labute approximate surface area is 98.2 Å². The van der Waals surface area contributed by atoms with Crippen LogP contribution in [0, 0.1) is 11.8 Å². The first-order chi connectivity index (χ1) is 7.65. The first-order valence-electron chi connectivity index (χ1n) is 6.49. The molecule has 1 N–H and O–H groups in total. The maximum Gasteiger partial charge on any atom is 0.309 e. The number of carbonyl (C=O) groups is 1. The zero-order valence-corrected chi connectivity index (χ0v) is 10.4. The van der Waals surface area contributed by atoms with Gasteiger partial charge in [0.2, 0.25) is 0 Å². The molecule has 1 aliphatic carbocycles. The molecule has 0 heterocycles. The van der Waals surface area contributed by atoms with Gasteiger partial charge < -0.3 is 9.84 Å². The summed E-state index contributed by atoms with van der Waals surface area (Å²) in [7, 11) is 0. The third kappa shape index (κ3) is 4.12. The number of aliphatic carboxylic acids is 1. The van der Waals surface area contributed by atoms with Crippen LogP contribution in [-0.4, -0.2) is 23.8 Å². The highest BCUT2D eigenvalue weighted by molar-refractivity contribution is 5.70. The molecule has 0 spiro atoms. The van der Waals surface area contributed by atoms with Crippen LogP contribution in [0.1, 0.15) is 52.4 Å². The molecule has 16 heavy (non-hydrogen) atoms. The number of hydrogen-bond acceptors (Lipinski definition) is 2. The fraction of sp³-hybridized carbons (Fsp3) is 0.923. The summed E-state index contributed by atoms with van der Waals surface area (Å²) < 4.78 is 5.75. The van der Waals surface area contributed by atoms with Gasteiger partial charge in [-0.2, -0.15) is 0 Å². The van der Waals surface area contributed by atoms with E-state index in [1.807, 2.05) is 0 Å². The molecule has 1 saturated carbocycles. The Balaban J connectivity index is 2.30. The lowest BCUT2D eigenvalue weighted by atomic mass is 9.86. The van der Waals surface area contributed by atoms with Gasteiger partial charge >= 0.3 is 5.97 Å². The Bertz CT molecular complexity index is 215. The topological polar surface area (TPSA) is 46.5 Å². The van der Waals surface area contributed by atoms with Crippen molar-refractivity contribution in [3.05, 3.63) is 0 Å². The van der Waals surface area contributed by atoms with Gasteiger partial charge in [0.1, 0.15) is 0 Å². The first-order valence-corrected chi connectivity index (χ1v) is 6.49. The van der Waals surface area contributed by atoms with Gasteiger partial charge in [-0.25, -0.2) is 0 Å². The van der Waals surface area contributed by atoms with E-state index in [2.05, 4.69) is 13.8 Å². The number of carboxylic acids is 1. The molecule has 1 aliphatic rings. The zero-order chi connectivity index (χ0) is 12.0. The molecule has 0 aromatic rings. The second-order valence-corrected chi connectivity index (χ2v) is 4.94. The third-order valence-corrected chi connectivity index (χ3v) is 3.66. The van der Waals surface area contributed by atoms with E-state index in [1.165, 1.54) is 0 Å². The molecule has 0 radical (unpaired) electrons.